The first kappa shape index (κ1) is 29.3. The van der Waals surface area contributed by atoms with Crippen molar-refractivity contribution < 1.29 is 38.0 Å². The molecule has 0 saturated carbocycles. The monoisotopic (exact) mass is 551 g/mol. The van der Waals surface area contributed by atoms with Crippen LogP contribution in [0.5, 0.6) is 5.75 Å². The molecule has 0 aliphatic carbocycles. The Kier molecular flexibility index (Phi) is 9.29. The van der Waals surface area contributed by atoms with Crippen molar-refractivity contribution in [2.75, 3.05) is 19.6 Å². The second kappa shape index (κ2) is 12.7. The van der Waals surface area contributed by atoms with Crippen molar-refractivity contribution in [1.82, 2.24) is 0 Å². The van der Waals surface area contributed by atoms with Crippen LogP contribution in [0, 0.1) is 5.92 Å². The van der Waals surface area contributed by atoms with Gasteiger partial charge in [0.15, 0.2) is 12.6 Å². The van der Waals surface area contributed by atoms with Crippen LogP contribution in [0.2, 0.25) is 0 Å². The molecule has 2 aliphatic heterocycles. The molecule has 0 amide bonds. The van der Waals surface area contributed by atoms with Gasteiger partial charge in [0.05, 0.1) is 11.7 Å². The first-order valence-electron chi connectivity index (χ1n) is 13.3. The van der Waals surface area contributed by atoms with Crippen molar-refractivity contribution in [3.8, 4) is 5.75 Å². The van der Waals surface area contributed by atoms with Gasteiger partial charge in [0.25, 0.3) is 0 Å². The third kappa shape index (κ3) is 7.10. The molecule has 1 fully saturated rings. The molecule has 2 aromatic rings. The molecule has 4 rings (SSSR count). The summed E-state index contributed by atoms with van der Waals surface area (Å²) in [5.41, 5.74) is 7.76. The average Bonchev–Trinajstić information content (AvgIpc) is 3.22. The fraction of sp³-hybridized carbons (Fsp3) is 0.419. The summed E-state index contributed by atoms with van der Waals surface area (Å²) in [6.07, 6.45) is 5.40. The summed E-state index contributed by atoms with van der Waals surface area (Å²) in [7, 11) is 1.49. The summed E-state index contributed by atoms with van der Waals surface area (Å²) in [6.45, 7) is 7.30. The number of methoxy groups -OCH3 is 1. The fourth-order valence-corrected chi connectivity index (χ4v) is 4.66. The Hall–Kier alpha value is -3.66. The average molecular weight is 552 g/mol. The van der Waals surface area contributed by atoms with Crippen LogP contribution in [0.15, 0.2) is 60.7 Å². The number of nitrogen functional groups attached to an aromatic ring is 1. The second-order valence-electron chi connectivity index (χ2n) is 10.4. The summed E-state index contributed by atoms with van der Waals surface area (Å²) in [4.78, 5) is 26.4. The van der Waals surface area contributed by atoms with Crippen LogP contribution in [0.1, 0.15) is 60.4 Å². The van der Waals surface area contributed by atoms with Crippen LogP contribution in [-0.4, -0.2) is 56.0 Å². The van der Waals surface area contributed by atoms with Gasteiger partial charge in [-0.15, -0.1) is 0 Å². The normalized spacial score (nSPS) is 27.8. The number of cyclic esters (lactones) is 1. The van der Waals surface area contributed by atoms with Gasteiger partial charge < -0.3 is 34.2 Å². The number of hydrogen-bond acceptors (Lipinski definition) is 9. The number of nitrogens with two attached hydrogens (primary N) is 1. The molecule has 2 N–H and O–H groups in total. The van der Waals surface area contributed by atoms with E-state index in [1.165, 1.54) is 7.11 Å². The quantitative estimate of drug-likeness (QED) is 0.233. The van der Waals surface area contributed by atoms with E-state index < -0.39 is 42.1 Å². The first-order valence-corrected chi connectivity index (χ1v) is 13.3. The molecule has 0 spiro atoms. The van der Waals surface area contributed by atoms with Crippen LogP contribution >= 0.6 is 0 Å². The summed E-state index contributed by atoms with van der Waals surface area (Å²) >= 11 is 0. The van der Waals surface area contributed by atoms with Crippen LogP contribution in [0.3, 0.4) is 0 Å². The Morgan fingerprint density at radius 1 is 1.10 bits per heavy atom. The molecule has 5 atom stereocenters. The highest BCUT2D eigenvalue weighted by Gasteiger charge is 2.45. The van der Waals surface area contributed by atoms with Gasteiger partial charge in [-0.05, 0) is 57.0 Å². The molecule has 2 unspecified atom stereocenters. The van der Waals surface area contributed by atoms with Crippen LogP contribution in [0.4, 0.5) is 5.69 Å². The van der Waals surface area contributed by atoms with Crippen molar-refractivity contribution in [2.45, 2.75) is 64.3 Å². The smallest absolute Gasteiger partial charge is 0.342 e. The molecule has 2 aromatic carbocycles. The minimum absolute atomic E-state index is 0.0608. The van der Waals surface area contributed by atoms with E-state index >= 15 is 0 Å². The Balaban J connectivity index is 1.73. The number of carbonyl (C=O) groups is 2. The van der Waals surface area contributed by atoms with E-state index in [0.717, 1.165) is 0 Å². The van der Waals surface area contributed by atoms with E-state index in [2.05, 4.69) is 0 Å². The van der Waals surface area contributed by atoms with Crippen LogP contribution < -0.4 is 10.5 Å². The number of rotatable bonds is 5. The van der Waals surface area contributed by atoms with Crippen LogP contribution in [0.25, 0.3) is 6.08 Å². The topological polar surface area (TPSA) is 116 Å². The predicted molar refractivity (Wildman–Crippen MR) is 150 cm³/mol. The highest BCUT2D eigenvalue weighted by molar-refractivity contribution is 5.97. The zero-order chi connectivity index (χ0) is 28.9. The van der Waals surface area contributed by atoms with Crippen molar-refractivity contribution >= 4 is 23.7 Å². The number of anilines is 1. The van der Waals surface area contributed by atoms with Gasteiger partial charge >= 0.3 is 11.9 Å². The minimum Gasteiger partial charge on any atom is -0.467 e. The molecule has 0 bridgehead atoms. The SMILES string of the molecule is COCOc1cc(N)cc2c1C(=O)O[C@@H](C)C(C)/C=C\C(OC(=O)c1ccccc1)[C@H]1OC(C)(C)O[C@H]1C/C=C/2. The largest absolute Gasteiger partial charge is 0.467 e. The molecule has 40 heavy (non-hydrogen) atoms. The number of ether oxygens (including phenoxy) is 6. The van der Waals surface area contributed by atoms with E-state index in [-0.39, 0.29) is 24.0 Å². The second-order valence-corrected chi connectivity index (χ2v) is 10.4. The number of carbonyl (C=O) groups excluding carboxylic acids is 2. The van der Waals surface area contributed by atoms with Gasteiger partial charge in [0, 0.05) is 24.8 Å². The molecule has 9 nitrogen and oxygen atoms in total. The first-order chi connectivity index (χ1) is 19.1. The van der Waals surface area contributed by atoms with Crippen molar-refractivity contribution in [3.63, 3.8) is 0 Å². The van der Waals surface area contributed by atoms with Crippen LogP contribution in [-0.2, 0) is 23.7 Å². The Morgan fingerprint density at radius 2 is 1.85 bits per heavy atom. The fourth-order valence-electron chi connectivity index (χ4n) is 4.66. The van der Waals surface area contributed by atoms with Gasteiger partial charge in [-0.1, -0.05) is 43.4 Å². The third-order valence-corrected chi connectivity index (χ3v) is 6.79. The maximum atomic E-state index is 13.4. The molecule has 1 saturated heterocycles. The highest BCUT2D eigenvalue weighted by Crippen LogP contribution is 2.35. The molecular formula is C31H37NO8. The lowest BCUT2D eigenvalue weighted by atomic mass is 9.98. The van der Waals surface area contributed by atoms with Gasteiger partial charge in [0.1, 0.15) is 29.6 Å². The Labute approximate surface area is 234 Å². The molecule has 9 heteroatoms. The van der Waals surface area contributed by atoms with E-state index in [1.54, 1.807) is 55.5 Å². The molecular weight excluding hydrogens is 514 g/mol. The molecule has 214 valence electrons. The molecule has 0 aromatic heterocycles. The zero-order valence-electron chi connectivity index (χ0n) is 23.5. The maximum absolute atomic E-state index is 13.4. The number of benzene rings is 2. The minimum atomic E-state index is -0.899. The zero-order valence-corrected chi connectivity index (χ0v) is 23.5. The lowest BCUT2D eigenvalue weighted by Crippen LogP contribution is -2.37. The van der Waals surface area contributed by atoms with Crippen molar-refractivity contribution in [3.05, 3.63) is 77.4 Å². The van der Waals surface area contributed by atoms with E-state index in [4.69, 9.17) is 34.2 Å². The lowest BCUT2D eigenvalue weighted by Gasteiger charge is -2.25. The molecule has 2 aliphatic rings. The standard InChI is InChI=1S/C31H37NO8/c1-19-14-15-24(38-29(33)21-10-7-6-8-11-21)28-25(39-31(3,4)40-28)13-9-12-22-16-23(32)17-26(36-18-35-5)27(22)30(34)37-20(19)2/h6-12,14-17,19-20,24-25,28H,13,18,32H2,1-5H3/b12-9+,15-14-/t19?,20-,24?,25-,28+/m0/s1. The van der Waals surface area contributed by atoms with E-state index in [0.29, 0.717) is 23.2 Å². The van der Waals surface area contributed by atoms with Gasteiger partial charge in [-0.3, -0.25) is 0 Å². The van der Waals surface area contributed by atoms with Gasteiger partial charge in [0.2, 0.25) is 0 Å². The summed E-state index contributed by atoms with van der Waals surface area (Å²) in [5, 5.41) is 0. The highest BCUT2D eigenvalue weighted by atomic mass is 16.8. The number of esters is 2. The summed E-state index contributed by atoms with van der Waals surface area (Å²) < 4.78 is 35.0. The van der Waals surface area contributed by atoms with Crippen molar-refractivity contribution in [2.24, 2.45) is 5.92 Å². The maximum Gasteiger partial charge on any atom is 0.342 e. The Morgan fingerprint density at radius 3 is 2.58 bits per heavy atom. The lowest BCUT2D eigenvalue weighted by molar-refractivity contribution is -0.152. The van der Waals surface area contributed by atoms with Gasteiger partial charge in [-0.2, -0.15) is 0 Å². The predicted octanol–water partition coefficient (Wildman–Crippen LogP) is 5.15. The molecule has 2 heterocycles. The number of fused-ring (bicyclic) bond motifs is 2. The van der Waals surface area contributed by atoms with E-state index in [1.807, 2.05) is 39.0 Å². The molecule has 0 radical (unpaired) electrons. The van der Waals surface area contributed by atoms with Gasteiger partial charge in [-0.25, -0.2) is 9.59 Å². The summed E-state index contributed by atoms with van der Waals surface area (Å²) in [6, 6.07) is 12.0. The van der Waals surface area contributed by atoms with E-state index in [9.17, 15) is 9.59 Å². The third-order valence-electron chi connectivity index (χ3n) is 6.79. The van der Waals surface area contributed by atoms with Crippen molar-refractivity contribution in [1.29, 1.82) is 0 Å². The summed E-state index contributed by atoms with van der Waals surface area (Å²) in [5.74, 6) is -1.89. The Bertz CT molecular complexity index is 1260. The number of hydrogen-bond donors (Lipinski definition) is 1.